The second-order valence-electron chi connectivity index (χ2n) is 7.70. The van der Waals surface area contributed by atoms with E-state index in [1.807, 2.05) is 0 Å². The van der Waals surface area contributed by atoms with Crippen molar-refractivity contribution in [2.24, 2.45) is 5.92 Å². The van der Waals surface area contributed by atoms with Crippen LogP contribution in [0.4, 0.5) is 22.0 Å². The number of amides is 2. The molecule has 1 fully saturated rings. The summed E-state index contributed by atoms with van der Waals surface area (Å²) in [5, 5.41) is 7.80. The fourth-order valence-electron chi connectivity index (χ4n) is 3.23. The van der Waals surface area contributed by atoms with E-state index in [1.54, 1.807) is 13.8 Å². The Morgan fingerprint density at radius 3 is 2.53 bits per heavy atom. The molecule has 3 rings (SSSR count). The minimum Gasteiger partial charge on any atom is -0.352 e. The van der Waals surface area contributed by atoms with Gasteiger partial charge in [0.05, 0.1) is 22.9 Å². The van der Waals surface area contributed by atoms with Gasteiger partial charge in [-0.15, -0.1) is 0 Å². The molecule has 1 aliphatic heterocycles. The molecule has 1 saturated heterocycles. The van der Waals surface area contributed by atoms with E-state index in [4.69, 9.17) is 0 Å². The van der Waals surface area contributed by atoms with E-state index in [2.05, 4.69) is 20.9 Å². The first kappa shape index (κ1) is 23.6. The van der Waals surface area contributed by atoms with Crippen molar-refractivity contribution in [2.45, 2.75) is 45.2 Å². The summed E-state index contributed by atoms with van der Waals surface area (Å²) in [6, 6.07) is 3.28. The number of nitrogens with zero attached hydrogens (tertiary/aromatic N) is 1. The van der Waals surface area contributed by atoms with Gasteiger partial charge in [-0.2, -0.15) is 13.2 Å². The first-order valence-corrected chi connectivity index (χ1v) is 9.80. The molecule has 32 heavy (non-hydrogen) atoms. The summed E-state index contributed by atoms with van der Waals surface area (Å²) in [4.78, 5) is 27.7. The van der Waals surface area contributed by atoms with Gasteiger partial charge in [-0.05, 0) is 18.2 Å². The minimum atomic E-state index is -4.57. The molecular formula is C21H21F5N4O2. The maximum Gasteiger partial charge on any atom is 0.417 e. The van der Waals surface area contributed by atoms with E-state index in [-0.39, 0.29) is 36.0 Å². The third-order valence-electron chi connectivity index (χ3n) is 5.01. The van der Waals surface area contributed by atoms with E-state index in [1.165, 1.54) is 6.07 Å². The maximum atomic E-state index is 15.1. The SMILES string of the molecule is CC(C)C(=O)NCc1ccc(F)c(C2NC(=O)CC(c3ccc(C(F)(F)F)cn3)N2)c1F. The number of halogens is 5. The quantitative estimate of drug-likeness (QED) is 0.602. The van der Waals surface area contributed by atoms with Gasteiger partial charge in [-0.25, -0.2) is 8.78 Å². The monoisotopic (exact) mass is 456 g/mol. The van der Waals surface area contributed by atoms with Crippen LogP contribution in [0.1, 0.15) is 54.9 Å². The molecular weight excluding hydrogens is 435 g/mol. The Kier molecular flexibility index (Phi) is 6.77. The molecule has 3 N–H and O–H groups in total. The van der Waals surface area contributed by atoms with Crippen LogP contribution in [0.5, 0.6) is 0 Å². The van der Waals surface area contributed by atoms with Gasteiger partial charge in [0.1, 0.15) is 17.8 Å². The van der Waals surface area contributed by atoms with Crippen molar-refractivity contribution in [3.05, 3.63) is 64.5 Å². The Hall–Kier alpha value is -3.08. The van der Waals surface area contributed by atoms with E-state index in [0.29, 0.717) is 6.20 Å². The van der Waals surface area contributed by atoms with Gasteiger partial charge in [0.15, 0.2) is 0 Å². The Morgan fingerprint density at radius 1 is 1.22 bits per heavy atom. The number of benzene rings is 1. The van der Waals surface area contributed by atoms with Crippen LogP contribution >= 0.6 is 0 Å². The summed E-state index contributed by atoms with van der Waals surface area (Å²) >= 11 is 0. The van der Waals surface area contributed by atoms with Crippen molar-refractivity contribution >= 4 is 11.8 Å². The second kappa shape index (κ2) is 9.19. The fourth-order valence-corrected chi connectivity index (χ4v) is 3.23. The Balaban J connectivity index is 1.85. The molecule has 0 spiro atoms. The van der Waals surface area contributed by atoms with Crippen molar-refractivity contribution in [1.82, 2.24) is 20.9 Å². The number of nitrogens with one attached hydrogen (secondary N) is 3. The highest BCUT2D eigenvalue weighted by Crippen LogP contribution is 2.31. The number of hydrogen-bond donors (Lipinski definition) is 3. The van der Waals surface area contributed by atoms with Crippen LogP contribution in [0.25, 0.3) is 0 Å². The largest absolute Gasteiger partial charge is 0.417 e. The molecule has 1 aliphatic rings. The predicted octanol–water partition coefficient (Wildman–Crippen LogP) is 3.50. The van der Waals surface area contributed by atoms with Gasteiger partial charge >= 0.3 is 6.18 Å². The number of aromatic nitrogens is 1. The van der Waals surface area contributed by atoms with Gasteiger partial charge in [-0.3, -0.25) is 19.9 Å². The molecule has 172 valence electrons. The predicted molar refractivity (Wildman–Crippen MR) is 104 cm³/mol. The summed E-state index contributed by atoms with van der Waals surface area (Å²) < 4.78 is 67.9. The van der Waals surface area contributed by atoms with Gasteiger partial charge in [0.2, 0.25) is 11.8 Å². The lowest BCUT2D eigenvalue weighted by atomic mass is 10.00. The van der Waals surface area contributed by atoms with E-state index in [0.717, 1.165) is 18.2 Å². The highest BCUT2D eigenvalue weighted by molar-refractivity contribution is 5.78. The fraction of sp³-hybridized carbons (Fsp3) is 0.381. The topological polar surface area (TPSA) is 83.1 Å². The van der Waals surface area contributed by atoms with Crippen molar-refractivity contribution in [1.29, 1.82) is 0 Å². The molecule has 0 bridgehead atoms. The molecule has 2 unspecified atom stereocenters. The summed E-state index contributed by atoms with van der Waals surface area (Å²) in [6.45, 7) is 3.15. The molecule has 2 heterocycles. The zero-order valence-corrected chi connectivity index (χ0v) is 17.2. The average Bonchev–Trinajstić information content (AvgIpc) is 2.72. The highest BCUT2D eigenvalue weighted by atomic mass is 19.4. The smallest absolute Gasteiger partial charge is 0.352 e. The molecule has 11 heteroatoms. The summed E-state index contributed by atoms with van der Waals surface area (Å²) in [5.74, 6) is -3.08. The number of pyridine rings is 1. The zero-order chi connectivity index (χ0) is 23.6. The zero-order valence-electron chi connectivity index (χ0n) is 17.2. The molecule has 1 aromatic carbocycles. The third kappa shape index (κ3) is 5.21. The Morgan fingerprint density at radius 2 is 1.94 bits per heavy atom. The molecule has 2 atom stereocenters. The summed E-state index contributed by atoms with van der Waals surface area (Å²) in [5.41, 5.74) is -1.28. The summed E-state index contributed by atoms with van der Waals surface area (Å²) in [6.07, 6.45) is -5.39. The van der Waals surface area contributed by atoms with Crippen molar-refractivity contribution in [2.75, 3.05) is 0 Å². The van der Waals surface area contributed by atoms with Crippen LogP contribution in [0.15, 0.2) is 30.5 Å². The number of carbonyl (C=O) groups excluding carboxylic acids is 2. The number of alkyl halides is 3. The van der Waals surface area contributed by atoms with Crippen LogP contribution in [-0.4, -0.2) is 16.8 Å². The lowest BCUT2D eigenvalue weighted by molar-refractivity contribution is -0.138. The minimum absolute atomic E-state index is 0.0150. The number of rotatable bonds is 5. The van der Waals surface area contributed by atoms with Crippen LogP contribution < -0.4 is 16.0 Å². The van der Waals surface area contributed by atoms with Gasteiger partial charge < -0.3 is 10.6 Å². The normalized spacial score (nSPS) is 19.1. The lowest BCUT2D eigenvalue weighted by Crippen LogP contribution is -2.47. The average molecular weight is 456 g/mol. The van der Waals surface area contributed by atoms with Crippen molar-refractivity contribution in [3.63, 3.8) is 0 Å². The highest BCUT2D eigenvalue weighted by Gasteiger charge is 2.34. The van der Waals surface area contributed by atoms with Crippen LogP contribution in [0.3, 0.4) is 0 Å². The van der Waals surface area contributed by atoms with Crippen molar-refractivity contribution < 1.29 is 31.5 Å². The van der Waals surface area contributed by atoms with Crippen LogP contribution in [0.2, 0.25) is 0 Å². The second-order valence-corrected chi connectivity index (χ2v) is 7.70. The maximum absolute atomic E-state index is 15.1. The molecule has 0 radical (unpaired) electrons. The van der Waals surface area contributed by atoms with Gasteiger partial charge in [0, 0.05) is 30.6 Å². The summed E-state index contributed by atoms with van der Waals surface area (Å²) in [7, 11) is 0. The third-order valence-corrected chi connectivity index (χ3v) is 5.01. The van der Waals surface area contributed by atoms with E-state index < -0.39 is 47.1 Å². The Bertz CT molecular complexity index is 1010. The van der Waals surface area contributed by atoms with Crippen LogP contribution in [-0.2, 0) is 22.3 Å². The standard InChI is InChI=1S/C21H21F5N4O2/c1-10(2)20(32)28-8-11-3-5-13(22)17(18(11)23)19-29-15(7-16(31)30-19)14-6-4-12(9-27-14)21(24,25)26/h3-6,9-10,15,19,29H,7-8H2,1-2H3,(H,28,32)(H,30,31). The van der Waals surface area contributed by atoms with Gasteiger partial charge in [0.25, 0.3) is 0 Å². The molecule has 2 aromatic rings. The number of carbonyl (C=O) groups is 2. The first-order chi connectivity index (χ1) is 15.0. The molecule has 0 aliphatic carbocycles. The van der Waals surface area contributed by atoms with Crippen LogP contribution in [0, 0.1) is 17.6 Å². The first-order valence-electron chi connectivity index (χ1n) is 9.80. The van der Waals surface area contributed by atoms with E-state index >= 15 is 4.39 Å². The molecule has 1 aromatic heterocycles. The lowest BCUT2D eigenvalue weighted by Gasteiger charge is -2.32. The Labute approximate surface area is 180 Å². The van der Waals surface area contributed by atoms with E-state index in [9.17, 15) is 27.2 Å². The molecule has 2 amide bonds. The molecule has 6 nitrogen and oxygen atoms in total. The molecule has 0 saturated carbocycles. The van der Waals surface area contributed by atoms with Gasteiger partial charge in [-0.1, -0.05) is 19.9 Å². The van der Waals surface area contributed by atoms with Crippen molar-refractivity contribution in [3.8, 4) is 0 Å². The number of hydrogen-bond acceptors (Lipinski definition) is 4.